The Kier molecular flexibility index (Phi) is 7.92. The van der Waals surface area contributed by atoms with Crippen molar-refractivity contribution >= 4 is 29.3 Å². The summed E-state index contributed by atoms with van der Waals surface area (Å²) in [6, 6.07) is 5.65. The molecule has 0 fully saturated rings. The van der Waals surface area contributed by atoms with Gasteiger partial charge in [-0.3, -0.25) is 4.79 Å². The smallest absolute Gasteiger partial charge is 0.224 e. The topological polar surface area (TPSA) is 77.5 Å². The minimum absolute atomic E-state index is 0. The number of benzene rings is 1. The summed E-state index contributed by atoms with van der Waals surface area (Å²) in [5, 5.41) is 3.94. The fourth-order valence-corrected chi connectivity index (χ4v) is 2.48. The number of hydrogen-bond acceptors (Lipinski definition) is 4. The van der Waals surface area contributed by atoms with Crippen LogP contribution >= 0.6 is 12.4 Å². The number of fused-ring (bicyclic) bond motifs is 1. The van der Waals surface area contributed by atoms with Gasteiger partial charge < -0.3 is 20.2 Å². The maximum atomic E-state index is 12.2. The monoisotopic (exact) mass is 340 g/mol. The van der Waals surface area contributed by atoms with Gasteiger partial charge in [-0.25, -0.2) is 0 Å². The fraction of sp³-hybridized carbons (Fsp3) is 0.471. The predicted molar refractivity (Wildman–Crippen MR) is 94.2 cm³/mol. The van der Waals surface area contributed by atoms with Crippen LogP contribution in [0.15, 0.2) is 28.9 Å². The molecule has 5 nitrogen and oxygen atoms in total. The molecule has 1 aromatic carbocycles. The van der Waals surface area contributed by atoms with Crippen LogP contribution in [0.25, 0.3) is 11.0 Å². The van der Waals surface area contributed by atoms with Crippen molar-refractivity contribution in [3.63, 3.8) is 0 Å². The number of unbranched alkanes of at least 4 members (excludes halogenated alkanes) is 1. The molecule has 0 saturated heterocycles. The Labute approximate surface area is 143 Å². The summed E-state index contributed by atoms with van der Waals surface area (Å²) < 4.78 is 10.7. The first-order valence-electron chi connectivity index (χ1n) is 7.71. The minimum Gasteiger partial charge on any atom is -0.497 e. The van der Waals surface area contributed by atoms with Crippen LogP contribution in [-0.4, -0.2) is 25.6 Å². The van der Waals surface area contributed by atoms with Crippen LogP contribution in [0.5, 0.6) is 5.75 Å². The summed E-state index contributed by atoms with van der Waals surface area (Å²) in [5.41, 5.74) is 7.31. The molecule has 0 spiro atoms. The Morgan fingerprint density at radius 1 is 1.43 bits per heavy atom. The zero-order valence-corrected chi connectivity index (χ0v) is 14.4. The predicted octanol–water partition coefficient (Wildman–Crippen LogP) is 3.04. The standard InChI is InChI=1S/C17H24N2O3.ClH/c1-3-4-5-13(10-18)19-17(20)8-12-11-22-16-9-14(21-2)6-7-15(12)16;/h6-7,9,11,13H,3-5,8,10,18H2,1-2H3,(H,19,20);1H. The van der Waals surface area contributed by atoms with E-state index in [2.05, 4.69) is 12.2 Å². The summed E-state index contributed by atoms with van der Waals surface area (Å²) in [5.74, 6) is 0.714. The number of amides is 1. The molecule has 0 aliphatic rings. The van der Waals surface area contributed by atoms with Gasteiger partial charge in [-0.05, 0) is 18.6 Å². The molecule has 23 heavy (non-hydrogen) atoms. The van der Waals surface area contributed by atoms with E-state index in [-0.39, 0.29) is 24.4 Å². The molecule has 0 aliphatic heterocycles. The van der Waals surface area contributed by atoms with Crippen LogP contribution in [0.2, 0.25) is 0 Å². The van der Waals surface area contributed by atoms with E-state index in [0.29, 0.717) is 13.0 Å². The minimum atomic E-state index is -0.0231. The number of halogens is 1. The molecular weight excluding hydrogens is 316 g/mol. The second-order valence-corrected chi connectivity index (χ2v) is 5.44. The molecule has 1 aromatic heterocycles. The van der Waals surface area contributed by atoms with Crippen LogP contribution < -0.4 is 15.8 Å². The number of rotatable bonds is 8. The highest BCUT2D eigenvalue weighted by molar-refractivity contribution is 5.88. The Morgan fingerprint density at radius 3 is 2.87 bits per heavy atom. The van der Waals surface area contributed by atoms with Crippen molar-refractivity contribution in [1.29, 1.82) is 0 Å². The molecule has 6 heteroatoms. The average Bonchev–Trinajstić information content (AvgIpc) is 2.93. The highest BCUT2D eigenvalue weighted by Crippen LogP contribution is 2.25. The molecule has 1 unspecified atom stereocenters. The number of carbonyl (C=O) groups excluding carboxylic acids is 1. The van der Waals surface area contributed by atoms with Gasteiger partial charge in [0.1, 0.15) is 11.3 Å². The van der Waals surface area contributed by atoms with E-state index in [0.717, 1.165) is 41.5 Å². The summed E-state index contributed by atoms with van der Waals surface area (Å²) in [7, 11) is 1.61. The van der Waals surface area contributed by atoms with Crippen LogP contribution in [-0.2, 0) is 11.2 Å². The van der Waals surface area contributed by atoms with E-state index in [1.165, 1.54) is 0 Å². The molecule has 1 heterocycles. The van der Waals surface area contributed by atoms with E-state index in [9.17, 15) is 4.79 Å². The van der Waals surface area contributed by atoms with E-state index in [1.807, 2.05) is 18.2 Å². The molecular formula is C17H25ClN2O3. The van der Waals surface area contributed by atoms with E-state index in [4.69, 9.17) is 14.9 Å². The van der Waals surface area contributed by atoms with Gasteiger partial charge >= 0.3 is 0 Å². The third-order valence-electron chi connectivity index (χ3n) is 3.77. The molecule has 1 amide bonds. The number of methoxy groups -OCH3 is 1. The SMILES string of the molecule is CCCCC(CN)NC(=O)Cc1coc2cc(OC)ccc12.Cl. The van der Waals surface area contributed by atoms with Gasteiger partial charge in [0.2, 0.25) is 5.91 Å². The van der Waals surface area contributed by atoms with E-state index in [1.54, 1.807) is 13.4 Å². The van der Waals surface area contributed by atoms with E-state index >= 15 is 0 Å². The highest BCUT2D eigenvalue weighted by atomic mass is 35.5. The van der Waals surface area contributed by atoms with Crippen molar-refractivity contribution in [2.24, 2.45) is 5.73 Å². The van der Waals surface area contributed by atoms with Crippen LogP contribution in [0, 0.1) is 0 Å². The fourth-order valence-electron chi connectivity index (χ4n) is 2.48. The number of furan rings is 1. The quantitative estimate of drug-likeness (QED) is 0.774. The molecule has 1 atom stereocenters. The van der Waals surface area contributed by atoms with E-state index < -0.39 is 0 Å². The van der Waals surface area contributed by atoms with Crippen molar-refractivity contribution in [2.45, 2.75) is 38.6 Å². The number of ether oxygens (including phenoxy) is 1. The molecule has 2 rings (SSSR count). The van der Waals surface area contributed by atoms with Crippen molar-refractivity contribution in [1.82, 2.24) is 5.32 Å². The Hall–Kier alpha value is -1.72. The second-order valence-electron chi connectivity index (χ2n) is 5.44. The van der Waals surface area contributed by atoms with Crippen LogP contribution in [0.4, 0.5) is 0 Å². The van der Waals surface area contributed by atoms with Gasteiger partial charge in [0.25, 0.3) is 0 Å². The molecule has 128 valence electrons. The average molecular weight is 341 g/mol. The maximum absolute atomic E-state index is 12.2. The Bertz CT molecular complexity index is 627. The van der Waals surface area contributed by atoms with Gasteiger partial charge in [0.15, 0.2) is 0 Å². The summed E-state index contributed by atoms with van der Waals surface area (Å²) in [4.78, 5) is 12.2. The maximum Gasteiger partial charge on any atom is 0.224 e. The summed E-state index contributed by atoms with van der Waals surface area (Å²) in [6.45, 7) is 2.59. The zero-order chi connectivity index (χ0) is 15.9. The summed E-state index contributed by atoms with van der Waals surface area (Å²) >= 11 is 0. The second kappa shape index (κ2) is 9.43. The van der Waals surface area contributed by atoms with Crippen molar-refractivity contribution in [3.8, 4) is 5.75 Å². The van der Waals surface area contributed by atoms with Crippen LogP contribution in [0.1, 0.15) is 31.7 Å². The lowest BCUT2D eigenvalue weighted by Gasteiger charge is -2.16. The zero-order valence-electron chi connectivity index (χ0n) is 13.6. The normalized spacial score (nSPS) is 11.8. The lowest BCUT2D eigenvalue weighted by atomic mass is 10.1. The summed E-state index contributed by atoms with van der Waals surface area (Å²) in [6.07, 6.45) is 5.01. The first kappa shape index (κ1) is 19.3. The molecule has 2 aromatic rings. The largest absolute Gasteiger partial charge is 0.497 e. The first-order chi connectivity index (χ1) is 10.7. The molecule has 0 aliphatic carbocycles. The lowest BCUT2D eigenvalue weighted by molar-refractivity contribution is -0.121. The third kappa shape index (κ3) is 5.15. The number of hydrogen-bond donors (Lipinski definition) is 2. The molecule has 0 radical (unpaired) electrons. The van der Waals surface area contributed by atoms with Gasteiger partial charge in [-0.2, -0.15) is 0 Å². The van der Waals surface area contributed by atoms with Crippen molar-refractivity contribution < 1.29 is 13.9 Å². The lowest BCUT2D eigenvalue weighted by Crippen LogP contribution is -2.40. The Morgan fingerprint density at radius 2 is 2.22 bits per heavy atom. The van der Waals surface area contributed by atoms with Crippen LogP contribution in [0.3, 0.4) is 0 Å². The first-order valence-corrected chi connectivity index (χ1v) is 7.71. The van der Waals surface area contributed by atoms with Gasteiger partial charge in [0, 0.05) is 29.6 Å². The van der Waals surface area contributed by atoms with Crippen molar-refractivity contribution in [3.05, 3.63) is 30.0 Å². The Balaban J connectivity index is 0.00000264. The van der Waals surface area contributed by atoms with Crippen molar-refractivity contribution in [2.75, 3.05) is 13.7 Å². The number of nitrogens with two attached hydrogens (primary N) is 1. The van der Waals surface area contributed by atoms with Gasteiger partial charge in [-0.15, -0.1) is 12.4 Å². The molecule has 0 bridgehead atoms. The van der Waals surface area contributed by atoms with Gasteiger partial charge in [-0.1, -0.05) is 19.8 Å². The third-order valence-corrected chi connectivity index (χ3v) is 3.77. The highest BCUT2D eigenvalue weighted by Gasteiger charge is 2.14. The molecule has 3 N–H and O–H groups in total. The van der Waals surface area contributed by atoms with Gasteiger partial charge in [0.05, 0.1) is 19.8 Å². The number of nitrogens with one attached hydrogen (secondary N) is 1. The number of carbonyl (C=O) groups is 1. The molecule has 0 saturated carbocycles.